The van der Waals surface area contributed by atoms with Crippen molar-refractivity contribution in [3.05, 3.63) is 47.1 Å². The quantitative estimate of drug-likeness (QED) is 0.642. The van der Waals surface area contributed by atoms with Gasteiger partial charge in [-0.05, 0) is 45.0 Å². The maximum absolute atomic E-state index is 15.2. The molecular weight excluding hydrogens is 427 g/mol. The number of aromatic nitrogens is 5. The fraction of sp³-hybridized carbons (Fsp3) is 0.435. The molecular formula is C23H25FN6O3. The van der Waals surface area contributed by atoms with E-state index in [1.54, 1.807) is 31.3 Å². The number of aromatic hydroxyl groups is 1. The molecule has 6 rings (SSSR count). The second kappa shape index (κ2) is 7.87. The Labute approximate surface area is 189 Å². The van der Waals surface area contributed by atoms with E-state index >= 15 is 4.39 Å². The molecule has 3 aromatic rings. The Morgan fingerprint density at radius 2 is 2.03 bits per heavy atom. The van der Waals surface area contributed by atoms with Crippen LogP contribution in [-0.4, -0.2) is 66.1 Å². The van der Waals surface area contributed by atoms with Crippen LogP contribution in [0.1, 0.15) is 19.8 Å². The molecule has 3 fully saturated rings. The first kappa shape index (κ1) is 21.4. The molecule has 4 heterocycles. The lowest BCUT2D eigenvalue weighted by Gasteiger charge is -2.56. The summed E-state index contributed by atoms with van der Waals surface area (Å²) in [5.41, 5.74) is 0.433. The summed E-state index contributed by atoms with van der Waals surface area (Å²) in [6.45, 7) is 2.74. The molecule has 2 saturated heterocycles. The summed E-state index contributed by atoms with van der Waals surface area (Å²) in [4.78, 5) is 21.8. The van der Waals surface area contributed by atoms with Crippen LogP contribution in [0.4, 0.5) is 4.39 Å². The zero-order chi connectivity index (χ0) is 23.3. The van der Waals surface area contributed by atoms with Crippen molar-refractivity contribution in [3.8, 4) is 34.3 Å². The van der Waals surface area contributed by atoms with E-state index in [0.29, 0.717) is 16.8 Å². The molecule has 10 heteroatoms. The van der Waals surface area contributed by atoms with E-state index in [0.717, 1.165) is 19.4 Å². The van der Waals surface area contributed by atoms with Gasteiger partial charge in [0.15, 0.2) is 12.0 Å². The molecule has 1 N–H and O–H groups in total. The minimum atomic E-state index is -1.11. The standard InChI is InChI=1S/C23H25FN6O3/c1-23-9-8-14(11-30(23)3)19(20(23)24)33-18-7-6-16(27-28-18)15-5-4-13(10-17(15)31)21-25-12-29(2)22(32)26-21/h4-7,10,12,14,19-20,31H,8-9,11H2,1-3H3/t14?,19-,20-,23-/m1/s1. The summed E-state index contributed by atoms with van der Waals surface area (Å²) in [5.74, 6) is 0.539. The molecule has 0 amide bonds. The summed E-state index contributed by atoms with van der Waals surface area (Å²) in [6.07, 6.45) is 1.46. The molecule has 1 saturated carbocycles. The number of halogens is 1. The van der Waals surface area contributed by atoms with Crippen molar-refractivity contribution in [1.82, 2.24) is 29.6 Å². The fourth-order valence-electron chi connectivity index (χ4n) is 4.77. The average molecular weight is 452 g/mol. The average Bonchev–Trinajstić information content (AvgIpc) is 2.80. The second-order valence-electron chi connectivity index (χ2n) is 9.08. The third kappa shape index (κ3) is 3.64. The van der Waals surface area contributed by atoms with Crippen LogP contribution in [0.5, 0.6) is 11.6 Å². The van der Waals surface area contributed by atoms with Crippen LogP contribution >= 0.6 is 0 Å². The van der Waals surface area contributed by atoms with Crippen molar-refractivity contribution >= 4 is 0 Å². The lowest BCUT2D eigenvalue weighted by Crippen LogP contribution is -2.68. The van der Waals surface area contributed by atoms with Crippen molar-refractivity contribution in [2.45, 2.75) is 37.6 Å². The van der Waals surface area contributed by atoms with Crippen LogP contribution in [0.25, 0.3) is 22.6 Å². The molecule has 1 aromatic carbocycles. The number of alkyl halides is 1. The molecule has 4 atom stereocenters. The van der Waals surface area contributed by atoms with E-state index in [9.17, 15) is 9.90 Å². The molecule has 9 nitrogen and oxygen atoms in total. The number of phenols is 1. The number of rotatable bonds is 4. The van der Waals surface area contributed by atoms with Crippen LogP contribution in [0.2, 0.25) is 0 Å². The second-order valence-corrected chi connectivity index (χ2v) is 9.08. The van der Waals surface area contributed by atoms with Gasteiger partial charge in [0.25, 0.3) is 0 Å². The Bertz CT molecular complexity index is 1250. The van der Waals surface area contributed by atoms with Crippen LogP contribution in [0, 0.1) is 5.92 Å². The number of piperidine rings is 2. The van der Waals surface area contributed by atoms with Gasteiger partial charge in [0.05, 0.1) is 11.2 Å². The van der Waals surface area contributed by atoms with Gasteiger partial charge in [-0.15, -0.1) is 10.2 Å². The monoisotopic (exact) mass is 452 g/mol. The number of hydrogen-bond acceptors (Lipinski definition) is 8. The zero-order valence-electron chi connectivity index (χ0n) is 18.6. The minimum absolute atomic E-state index is 0.0517. The number of nitrogens with zero attached hydrogens (tertiary/aromatic N) is 6. The SMILES string of the molecule is CN1CC2CC[C@]1(C)[C@H](F)[C@@H]2Oc1ccc(-c2ccc(-c3ncn(C)c(=O)n3)cc2O)nn1. The predicted molar refractivity (Wildman–Crippen MR) is 118 cm³/mol. The summed E-state index contributed by atoms with van der Waals surface area (Å²) >= 11 is 0. The third-order valence-corrected chi connectivity index (χ3v) is 7.03. The molecule has 2 aromatic heterocycles. The molecule has 1 aliphatic carbocycles. The van der Waals surface area contributed by atoms with Gasteiger partial charge < -0.3 is 9.84 Å². The highest BCUT2D eigenvalue weighted by Gasteiger charge is 2.55. The van der Waals surface area contributed by atoms with Crippen LogP contribution in [0.3, 0.4) is 0 Å². The Morgan fingerprint density at radius 1 is 1.21 bits per heavy atom. The van der Waals surface area contributed by atoms with Gasteiger partial charge in [0.1, 0.15) is 18.2 Å². The van der Waals surface area contributed by atoms with E-state index in [4.69, 9.17) is 4.74 Å². The van der Waals surface area contributed by atoms with Crippen molar-refractivity contribution < 1.29 is 14.2 Å². The highest BCUT2D eigenvalue weighted by molar-refractivity contribution is 5.71. The van der Waals surface area contributed by atoms with Gasteiger partial charge in [-0.25, -0.2) is 14.2 Å². The first-order valence-corrected chi connectivity index (χ1v) is 10.9. The Kier molecular flexibility index (Phi) is 5.12. The van der Waals surface area contributed by atoms with Gasteiger partial charge in [-0.1, -0.05) is 6.07 Å². The van der Waals surface area contributed by atoms with Crippen molar-refractivity contribution in [1.29, 1.82) is 0 Å². The Morgan fingerprint density at radius 3 is 2.70 bits per heavy atom. The highest BCUT2D eigenvalue weighted by Crippen LogP contribution is 2.45. The third-order valence-electron chi connectivity index (χ3n) is 7.03. The number of phenolic OH excluding ortho intramolecular Hbond substituents is 1. The smallest absolute Gasteiger partial charge is 0.350 e. The van der Waals surface area contributed by atoms with Crippen molar-refractivity contribution in [3.63, 3.8) is 0 Å². The van der Waals surface area contributed by atoms with Crippen LogP contribution in [0.15, 0.2) is 41.5 Å². The lowest BCUT2D eigenvalue weighted by atomic mass is 9.68. The van der Waals surface area contributed by atoms with E-state index in [-0.39, 0.29) is 23.4 Å². The van der Waals surface area contributed by atoms with Gasteiger partial charge in [-0.3, -0.25) is 9.47 Å². The predicted octanol–water partition coefficient (Wildman–Crippen LogP) is 2.20. The molecule has 2 aliphatic heterocycles. The summed E-state index contributed by atoms with van der Waals surface area (Å²) < 4.78 is 22.4. The van der Waals surface area contributed by atoms with Gasteiger partial charge in [0.2, 0.25) is 5.88 Å². The first-order valence-electron chi connectivity index (χ1n) is 10.9. The van der Waals surface area contributed by atoms with Gasteiger partial charge in [-0.2, -0.15) is 4.98 Å². The number of fused-ring (bicyclic) bond motifs is 3. The Balaban J connectivity index is 1.34. The maximum Gasteiger partial charge on any atom is 0.350 e. The highest BCUT2D eigenvalue weighted by atomic mass is 19.1. The fourth-order valence-corrected chi connectivity index (χ4v) is 4.77. The van der Waals surface area contributed by atoms with Crippen LogP contribution < -0.4 is 10.4 Å². The normalized spacial score (nSPS) is 27.0. The molecule has 2 bridgehead atoms. The molecule has 0 radical (unpaired) electrons. The molecule has 0 spiro atoms. The number of benzene rings is 1. The summed E-state index contributed by atoms with van der Waals surface area (Å²) in [5, 5.41) is 18.8. The zero-order valence-corrected chi connectivity index (χ0v) is 18.6. The first-order chi connectivity index (χ1) is 15.8. The van der Waals surface area contributed by atoms with Crippen molar-refractivity contribution in [2.24, 2.45) is 13.0 Å². The van der Waals surface area contributed by atoms with E-state index in [1.165, 1.54) is 17.0 Å². The summed E-state index contributed by atoms with van der Waals surface area (Å²) in [6, 6.07) is 8.14. The Hall–Kier alpha value is -3.40. The maximum atomic E-state index is 15.2. The van der Waals surface area contributed by atoms with Crippen molar-refractivity contribution in [2.75, 3.05) is 13.6 Å². The molecule has 3 aliphatic rings. The number of aryl methyl sites for hydroxylation is 1. The lowest BCUT2D eigenvalue weighted by molar-refractivity contribution is -0.136. The van der Waals surface area contributed by atoms with Gasteiger partial charge >= 0.3 is 5.69 Å². The topological polar surface area (TPSA) is 106 Å². The largest absolute Gasteiger partial charge is 0.507 e. The van der Waals surface area contributed by atoms with Crippen LogP contribution in [-0.2, 0) is 7.05 Å². The van der Waals surface area contributed by atoms with E-state index in [2.05, 4.69) is 25.1 Å². The number of hydrogen-bond donors (Lipinski definition) is 1. The summed E-state index contributed by atoms with van der Waals surface area (Å²) in [7, 11) is 3.52. The molecule has 172 valence electrons. The van der Waals surface area contributed by atoms with E-state index in [1.807, 2.05) is 14.0 Å². The molecule has 33 heavy (non-hydrogen) atoms. The number of ether oxygens (including phenoxy) is 1. The molecule has 1 unspecified atom stereocenters. The minimum Gasteiger partial charge on any atom is -0.507 e. The van der Waals surface area contributed by atoms with Gasteiger partial charge in [0, 0.05) is 36.7 Å². The van der Waals surface area contributed by atoms with E-state index < -0.39 is 23.5 Å².